The van der Waals surface area contributed by atoms with Crippen LogP contribution in [-0.2, 0) is 0 Å². The molecule has 1 unspecified atom stereocenters. The molecule has 0 heteroatoms. The van der Waals surface area contributed by atoms with Crippen molar-refractivity contribution in [3.8, 4) is 0 Å². The average molecular weight is 202 g/mol. The zero-order valence-corrected chi connectivity index (χ0v) is 10.4. The van der Waals surface area contributed by atoms with Gasteiger partial charge in [-0.15, -0.1) is 0 Å². The van der Waals surface area contributed by atoms with Crippen LogP contribution in [0.2, 0.25) is 0 Å². The summed E-state index contributed by atoms with van der Waals surface area (Å²) in [5.41, 5.74) is 4.46. The highest BCUT2D eigenvalue weighted by Gasteiger charge is 2.61. The van der Waals surface area contributed by atoms with Gasteiger partial charge in [0.25, 0.3) is 0 Å². The van der Waals surface area contributed by atoms with E-state index in [4.69, 9.17) is 0 Å². The van der Waals surface area contributed by atoms with E-state index in [-0.39, 0.29) is 0 Å². The van der Waals surface area contributed by atoms with Crippen molar-refractivity contribution in [3.63, 3.8) is 0 Å². The van der Waals surface area contributed by atoms with Crippen LogP contribution >= 0.6 is 0 Å². The highest BCUT2D eigenvalue weighted by molar-refractivity contribution is 5.37. The lowest BCUT2D eigenvalue weighted by molar-refractivity contribution is 0.173. The van der Waals surface area contributed by atoms with Crippen LogP contribution in [0.25, 0.3) is 0 Å². The van der Waals surface area contributed by atoms with Gasteiger partial charge in [-0.3, -0.25) is 0 Å². The van der Waals surface area contributed by atoms with Gasteiger partial charge < -0.3 is 0 Å². The molecule has 82 valence electrons. The minimum absolute atomic E-state index is 0.549. The van der Waals surface area contributed by atoms with E-state index in [0.717, 1.165) is 11.8 Å². The molecule has 0 aromatic carbocycles. The van der Waals surface area contributed by atoms with E-state index >= 15 is 0 Å². The maximum Gasteiger partial charge on any atom is 0.00453 e. The molecular weight excluding hydrogens is 180 g/mol. The van der Waals surface area contributed by atoms with E-state index in [1.54, 1.807) is 11.1 Å². The van der Waals surface area contributed by atoms with Gasteiger partial charge in [0, 0.05) is 5.41 Å². The predicted molar refractivity (Wildman–Crippen MR) is 64.6 cm³/mol. The SMILES string of the molecule is CC1=CCC23C(C)=CC[C@H]2C(C)(C)C[C@H]13. The molecule has 0 radical (unpaired) electrons. The zero-order chi connectivity index (χ0) is 10.8. The van der Waals surface area contributed by atoms with E-state index in [2.05, 4.69) is 39.8 Å². The number of hydrogen-bond donors (Lipinski definition) is 0. The van der Waals surface area contributed by atoms with Gasteiger partial charge in [0.05, 0.1) is 0 Å². The van der Waals surface area contributed by atoms with Crippen molar-refractivity contribution in [1.82, 2.24) is 0 Å². The highest BCUT2D eigenvalue weighted by Crippen LogP contribution is 2.70. The Bertz CT molecular complexity index is 369. The Kier molecular flexibility index (Phi) is 1.67. The lowest BCUT2D eigenvalue weighted by Crippen LogP contribution is -2.30. The normalized spacial score (nSPS) is 46.1. The quantitative estimate of drug-likeness (QED) is 0.513. The minimum atomic E-state index is 0.549. The zero-order valence-electron chi connectivity index (χ0n) is 10.4. The monoisotopic (exact) mass is 202 g/mol. The third kappa shape index (κ3) is 0.940. The second-order valence-corrected chi connectivity index (χ2v) is 6.61. The predicted octanol–water partition coefficient (Wildman–Crippen LogP) is 4.34. The van der Waals surface area contributed by atoms with Gasteiger partial charge in [-0.25, -0.2) is 0 Å². The fraction of sp³-hybridized carbons (Fsp3) is 0.733. The Morgan fingerprint density at radius 3 is 2.67 bits per heavy atom. The second-order valence-electron chi connectivity index (χ2n) is 6.61. The summed E-state index contributed by atoms with van der Waals surface area (Å²) in [6.07, 6.45) is 9.09. The van der Waals surface area contributed by atoms with Crippen molar-refractivity contribution in [2.75, 3.05) is 0 Å². The third-order valence-corrected chi connectivity index (χ3v) is 5.62. The van der Waals surface area contributed by atoms with Crippen molar-refractivity contribution < 1.29 is 0 Å². The fourth-order valence-corrected chi connectivity index (χ4v) is 4.84. The first-order chi connectivity index (χ1) is 6.98. The van der Waals surface area contributed by atoms with Crippen LogP contribution in [0.3, 0.4) is 0 Å². The molecule has 3 atom stereocenters. The molecule has 0 saturated heterocycles. The van der Waals surface area contributed by atoms with Crippen LogP contribution in [0.1, 0.15) is 47.0 Å². The molecule has 0 heterocycles. The van der Waals surface area contributed by atoms with Crippen LogP contribution in [0, 0.1) is 22.7 Å². The van der Waals surface area contributed by atoms with Gasteiger partial charge in [0.15, 0.2) is 0 Å². The van der Waals surface area contributed by atoms with Crippen LogP contribution in [0.4, 0.5) is 0 Å². The Labute approximate surface area is 93.5 Å². The van der Waals surface area contributed by atoms with Crippen molar-refractivity contribution in [1.29, 1.82) is 0 Å². The van der Waals surface area contributed by atoms with Crippen molar-refractivity contribution in [2.45, 2.75) is 47.0 Å². The lowest BCUT2D eigenvalue weighted by atomic mass is 9.67. The summed E-state index contributed by atoms with van der Waals surface area (Å²) in [6, 6.07) is 0. The van der Waals surface area contributed by atoms with Crippen LogP contribution < -0.4 is 0 Å². The first kappa shape index (κ1) is 9.69. The third-order valence-electron chi connectivity index (χ3n) is 5.62. The number of allylic oxidation sites excluding steroid dienone is 4. The van der Waals surface area contributed by atoms with Gasteiger partial charge in [0.1, 0.15) is 0 Å². The Hall–Kier alpha value is -0.520. The summed E-state index contributed by atoms with van der Waals surface area (Å²) in [6.45, 7) is 9.69. The molecule has 1 saturated carbocycles. The second kappa shape index (κ2) is 2.59. The van der Waals surface area contributed by atoms with E-state index in [1.165, 1.54) is 19.3 Å². The lowest BCUT2D eigenvalue weighted by Gasteiger charge is -2.36. The van der Waals surface area contributed by atoms with Crippen LogP contribution in [-0.4, -0.2) is 0 Å². The minimum Gasteiger partial charge on any atom is -0.0847 e. The first-order valence-electron chi connectivity index (χ1n) is 6.32. The number of rotatable bonds is 0. The molecule has 0 N–H and O–H groups in total. The van der Waals surface area contributed by atoms with Gasteiger partial charge in [-0.2, -0.15) is 0 Å². The van der Waals surface area contributed by atoms with E-state index < -0.39 is 0 Å². The molecule has 0 nitrogen and oxygen atoms in total. The molecule has 15 heavy (non-hydrogen) atoms. The number of hydrogen-bond acceptors (Lipinski definition) is 0. The Morgan fingerprint density at radius 2 is 1.93 bits per heavy atom. The Morgan fingerprint density at radius 1 is 1.20 bits per heavy atom. The van der Waals surface area contributed by atoms with E-state index in [0.29, 0.717) is 10.8 Å². The standard InChI is InChI=1S/C15H22/c1-10-7-8-15-11(2)5-6-13(15)14(3,4)9-12(10)15/h5,7,12-13H,6,8-9H2,1-4H3/t12-,13+,15?/m1/s1. The summed E-state index contributed by atoms with van der Waals surface area (Å²) < 4.78 is 0. The van der Waals surface area contributed by atoms with Crippen LogP contribution in [0.15, 0.2) is 23.3 Å². The molecule has 3 aliphatic rings. The van der Waals surface area contributed by atoms with Gasteiger partial charge in [0.2, 0.25) is 0 Å². The summed E-state index contributed by atoms with van der Waals surface area (Å²) >= 11 is 0. The smallest absolute Gasteiger partial charge is 0.00453 e. The maximum absolute atomic E-state index is 2.52. The van der Waals surface area contributed by atoms with Gasteiger partial charge >= 0.3 is 0 Å². The van der Waals surface area contributed by atoms with E-state index in [9.17, 15) is 0 Å². The largest absolute Gasteiger partial charge is 0.0847 e. The van der Waals surface area contributed by atoms with Gasteiger partial charge in [-0.1, -0.05) is 37.1 Å². The topological polar surface area (TPSA) is 0 Å². The fourth-order valence-electron chi connectivity index (χ4n) is 4.84. The molecule has 3 aliphatic carbocycles. The summed E-state index contributed by atoms with van der Waals surface area (Å²) in [7, 11) is 0. The van der Waals surface area contributed by atoms with Crippen molar-refractivity contribution in [2.24, 2.45) is 22.7 Å². The molecule has 0 aromatic heterocycles. The molecule has 0 bridgehead atoms. The van der Waals surface area contributed by atoms with Crippen molar-refractivity contribution >= 4 is 0 Å². The molecule has 1 fully saturated rings. The molecule has 0 aliphatic heterocycles. The molecule has 0 amide bonds. The molecule has 1 spiro atoms. The van der Waals surface area contributed by atoms with Gasteiger partial charge in [-0.05, 0) is 50.4 Å². The highest BCUT2D eigenvalue weighted by atomic mass is 14.7. The molecule has 3 rings (SSSR count). The summed E-state index contributed by atoms with van der Waals surface area (Å²) in [4.78, 5) is 0. The summed E-state index contributed by atoms with van der Waals surface area (Å²) in [5, 5.41) is 0. The Balaban J connectivity index is 2.12. The molecule has 0 aromatic rings. The van der Waals surface area contributed by atoms with Crippen LogP contribution in [0.5, 0.6) is 0 Å². The maximum atomic E-state index is 2.52. The summed E-state index contributed by atoms with van der Waals surface area (Å²) in [5.74, 6) is 1.76. The van der Waals surface area contributed by atoms with E-state index in [1.807, 2.05) is 0 Å². The average Bonchev–Trinajstić information content (AvgIpc) is 2.70. The van der Waals surface area contributed by atoms with Crippen molar-refractivity contribution in [3.05, 3.63) is 23.3 Å². The first-order valence-corrected chi connectivity index (χ1v) is 6.32. The molecular formula is C15H22.